The Balaban J connectivity index is 1.42. The molecule has 3 atom stereocenters. The van der Waals surface area contributed by atoms with Crippen molar-refractivity contribution in [2.75, 3.05) is 39.3 Å². The molecular weight excluding hydrogens is 580 g/mol. The molecule has 9 nitrogen and oxygen atoms in total. The second-order valence-electron chi connectivity index (χ2n) is 11.6. The maximum absolute atomic E-state index is 14.0. The molecule has 2 aliphatic heterocycles. The predicted molar refractivity (Wildman–Crippen MR) is 149 cm³/mol. The van der Waals surface area contributed by atoms with Gasteiger partial charge < -0.3 is 19.3 Å². The summed E-state index contributed by atoms with van der Waals surface area (Å²) in [5, 5.41) is 0.378. The van der Waals surface area contributed by atoms with Gasteiger partial charge in [-0.3, -0.25) is 0 Å². The van der Waals surface area contributed by atoms with E-state index in [-0.39, 0.29) is 56.6 Å². The average molecular weight is 616 g/mol. The number of hydrogen-bond donors (Lipinski definition) is 0. The van der Waals surface area contributed by atoms with E-state index < -0.39 is 51.4 Å². The molecule has 1 aliphatic carbocycles. The number of piperazine rings is 1. The van der Waals surface area contributed by atoms with E-state index in [9.17, 15) is 26.8 Å². The minimum atomic E-state index is -4.04. The number of nitrogens with zero attached hydrogens (tertiary/aromatic N) is 3. The van der Waals surface area contributed by atoms with Gasteiger partial charge in [0.15, 0.2) is 0 Å². The van der Waals surface area contributed by atoms with Gasteiger partial charge in [-0.15, -0.1) is 0 Å². The van der Waals surface area contributed by atoms with Gasteiger partial charge in [0, 0.05) is 50.2 Å². The third kappa shape index (κ3) is 7.98. The Kier molecular flexibility index (Phi) is 9.65. The molecule has 0 bridgehead atoms. The molecule has 0 spiro atoms. The first-order valence-electron chi connectivity index (χ1n) is 13.6. The summed E-state index contributed by atoms with van der Waals surface area (Å²) in [7, 11) is -4.04. The number of piperidine rings is 1. The Hall–Kier alpha value is -2.70. The van der Waals surface area contributed by atoms with Gasteiger partial charge in [0.2, 0.25) is 10.0 Å². The summed E-state index contributed by atoms with van der Waals surface area (Å²) in [4.78, 5) is 28.2. The normalized spacial score (nSPS) is 24.4. The number of sulfonamides is 1. The molecule has 41 heavy (non-hydrogen) atoms. The fourth-order valence-electron chi connectivity index (χ4n) is 5.28. The van der Waals surface area contributed by atoms with Crippen LogP contribution in [-0.2, 0) is 19.5 Å². The molecule has 1 aromatic rings. The number of ether oxygens (including phenoxy) is 2. The van der Waals surface area contributed by atoms with Crippen molar-refractivity contribution in [2.24, 2.45) is 11.8 Å². The molecule has 0 aromatic heterocycles. The molecule has 1 aromatic carbocycles. The Labute approximate surface area is 244 Å². The zero-order valence-electron chi connectivity index (χ0n) is 23.4. The number of allylic oxidation sites excluding steroid dienone is 4. The largest absolute Gasteiger partial charge is 0.448 e. The van der Waals surface area contributed by atoms with Gasteiger partial charge in [0.25, 0.3) is 0 Å². The first kappa shape index (κ1) is 31.2. The standard InChI is InChI=1S/C28H36ClF2N3O6S/c1-28(2,3)40-27(36)33-12-10-32(11-13-33)26(35)39-18-24-7-4-19(20-14-22(30)16-23(31)15-20)17-34(24)41(37,38)25-8-5-21(29)6-9-25/h5-6,8-9,14,16,19-20,24H,4,7,10-13,15,17-18H2,1-3H3/t19-,20?,24-/m1/s1. The van der Waals surface area contributed by atoms with Crippen LogP contribution in [0.15, 0.2) is 53.0 Å². The predicted octanol–water partition coefficient (Wildman–Crippen LogP) is 5.53. The van der Waals surface area contributed by atoms with Crippen LogP contribution < -0.4 is 0 Å². The van der Waals surface area contributed by atoms with Gasteiger partial charge in [-0.1, -0.05) is 11.6 Å². The van der Waals surface area contributed by atoms with E-state index in [1.807, 2.05) is 0 Å². The molecule has 2 fully saturated rings. The number of hydrogen-bond acceptors (Lipinski definition) is 6. The van der Waals surface area contributed by atoms with Crippen LogP contribution in [0.3, 0.4) is 0 Å². The Morgan fingerprint density at radius 2 is 1.61 bits per heavy atom. The number of halogens is 3. The van der Waals surface area contributed by atoms with E-state index in [0.717, 1.165) is 6.08 Å². The number of benzene rings is 1. The van der Waals surface area contributed by atoms with Gasteiger partial charge in [-0.05, 0) is 75.8 Å². The topological polar surface area (TPSA) is 96.5 Å². The minimum absolute atomic E-state index is 0.00183. The molecule has 2 heterocycles. The van der Waals surface area contributed by atoms with Gasteiger partial charge in [0.1, 0.15) is 23.9 Å². The molecule has 13 heteroatoms. The van der Waals surface area contributed by atoms with E-state index in [2.05, 4.69) is 0 Å². The van der Waals surface area contributed by atoms with Crippen molar-refractivity contribution < 1.29 is 36.3 Å². The Morgan fingerprint density at radius 1 is 1.00 bits per heavy atom. The fourth-order valence-corrected chi connectivity index (χ4v) is 7.10. The summed E-state index contributed by atoms with van der Waals surface area (Å²) < 4.78 is 67.7. The van der Waals surface area contributed by atoms with Crippen molar-refractivity contribution in [3.05, 3.63) is 53.1 Å². The van der Waals surface area contributed by atoms with Crippen molar-refractivity contribution in [1.29, 1.82) is 0 Å². The van der Waals surface area contributed by atoms with Crippen molar-refractivity contribution in [3.63, 3.8) is 0 Å². The van der Waals surface area contributed by atoms with Crippen LogP contribution in [0.25, 0.3) is 0 Å². The van der Waals surface area contributed by atoms with Crippen molar-refractivity contribution in [1.82, 2.24) is 14.1 Å². The van der Waals surface area contributed by atoms with Gasteiger partial charge in [-0.2, -0.15) is 4.31 Å². The number of amides is 2. The summed E-state index contributed by atoms with van der Waals surface area (Å²) in [6, 6.07) is 5.08. The van der Waals surface area contributed by atoms with Crippen LogP contribution in [0.4, 0.5) is 18.4 Å². The van der Waals surface area contributed by atoms with Crippen LogP contribution in [0.5, 0.6) is 0 Å². The first-order chi connectivity index (χ1) is 19.2. The molecule has 4 rings (SSSR count). The second-order valence-corrected chi connectivity index (χ2v) is 13.9. The van der Waals surface area contributed by atoms with Gasteiger partial charge in [-0.25, -0.2) is 26.8 Å². The van der Waals surface area contributed by atoms with Crippen LogP contribution in [0.1, 0.15) is 40.0 Å². The molecule has 0 N–H and O–H groups in total. The zero-order valence-corrected chi connectivity index (χ0v) is 25.0. The Bertz CT molecular complexity index is 1290. The summed E-state index contributed by atoms with van der Waals surface area (Å²) in [6.45, 7) is 6.22. The smallest absolute Gasteiger partial charge is 0.410 e. The summed E-state index contributed by atoms with van der Waals surface area (Å²) in [5.41, 5.74) is -0.628. The van der Waals surface area contributed by atoms with E-state index >= 15 is 0 Å². The van der Waals surface area contributed by atoms with E-state index in [1.165, 1.54) is 44.4 Å². The maximum atomic E-state index is 14.0. The highest BCUT2D eigenvalue weighted by Gasteiger charge is 2.41. The molecule has 1 unspecified atom stereocenters. The van der Waals surface area contributed by atoms with Crippen molar-refractivity contribution in [3.8, 4) is 0 Å². The highest BCUT2D eigenvalue weighted by Crippen LogP contribution is 2.38. The molecule has 0 radical (unpaired) electrons. The summed E-state index contributed by atoms with van der Waals surface area (Å²) in [5.74, 6) is -2.07. The lowest BCUT2D eigenvalue weighted by molar-refractivity contribution is 0.0109. The van der Waals surface area contributed by atoms with E-state index in [4.69, 9.17) is 21.1 Å². The van der Waals surface area contributed by atoms with Crippen LogP contribution >= 0.6 is 11.6 Å². The maximum Gasteiger partial charge on any atom is 0.410 e. The second kappa shape index (κ2) is 12.7. The highest BCUT2D eigenvalue weighted by molar-refractivity contribution is 7.89. The molecule has 2 amide bonds. The van der Waals surface area contributed by atoms with Gasteiger partial charge >= 0.3 is 12.2 Å². The van der Waals surface area contributed by atoms with Crippen LogP contribution in [0.2, 0.25) is 5.02 Å². The minimum Gasteiger partial charge on any atom is -0.448 e. The molecular formula is C28H36ClF2N3O6S. The molecule has 0 saturated carbocycles. The number of carbonyl (C=O) groups is 2. The van der Waals surface area contributed by atoms with Crippen LogP contribution in [0, 0.1) is 11.8 Å². The number of carbonyl (C=O) groups excluding carboxylic acids is 2. The quantitative estimate of drug-likeness (QED) is 0.432. The number of rotatable bonds is 5. The lowest BCUT2D eigenvalue weighted by Crippen LogP contribution is -2.53. The zero-order chi connectivity index (χ0) is 29.9. The molecule has 226 valence electrons. The van der Waals surface area contributed by atoms with E-state index in [0.29, 0.717) is 17.9 Å². The summed E-state index contributed by atoms with van der Waals surface area (Å²) >= 11 is 5.96. The molecule has 2 saturated heterocycles. The SMILES string of the molecule is CC(C)(C)OC(=O)N1CCN(C(=O)OC[C@H]2CC[C@@H](C3C=C(F)C=C(F)C3)CN2S(=O)(=O)c2ccc(Cl)cc2)CC1. The highest BCUT2D eigenvalue weighted by atomic mass is 35.5. The van der Waals surface area contributed by atoms with E-state index in [1.54, 1.807) is 20.8 Å². The first-order valence-corrected chi connectivity index (χ1v) is 15.4. The summed E-state index contributed by atoms with van der Waals surface area (Å²) in [6.07, 6.45) is 1.98. The fraction of sp³-hybridized carbons (Fsp3) is 0.571. The van der Waals surface area contributed by atoms with Crippen molar-refractivity contribution in [2.45, 2.75) is 56.6 Å². The average Bonchev–Trinajstić information content (AvgIpc) is 2.90. The van der Waals surface area contributed by atoms with Gasteiger partial charge in [0.05, 0.1) is 10.9 Å². The lowest BCUT2D eigenvalue weighted by atomic mass is 9.80. The monoisotopic (exact) mass is 615 g/mol. The third-order valence-electron chi connectivity index (χ3n) is 7.41. The molecule has 3 aliphatic rings. The Morgan fingerprint density at radius 3 is 2.20 bits per heavy atom. The van der Waals surface area contributed by atoms with Crippen LogP contribution in [-0.4, -0.2) is 85.7 Å². The lowest BCUT2D eigenvalue weighted by Gasteiger charge is -2.41. The third-order valence-corrected chi connectivity index (χ3v) is 9.59. The van der Waals surface area contributed by atoms with Crippen molar-refractivity contribution >= 4 is 33.8 Å².